The van der Waals surface area contributed by atoms with Gasteiger partial charge in [0.05, 0.1) is 0 Å². The Morgan fingerprint density at radius 2 is 0.490 bits per heavy atom. The van der Waals surface area contributed by atoms with Crippen LogP contribution in [0.15, 0.2) is 187 Å². The molecule has 0 bridgehead atoms. The van der Waals surface area contributed by atoms with Crippen molar-refractivity contribution in [2.75, 3.05) is 0 Å². The third kappa shape index (κ3) is 13.1. The van der Waals surface area contributed by atoms with Crippen LogP contribution in [0.25, 0.3) is 98.8 Å². The smallest absolute Gasteiger partial charge is 0.390 e. The molecule has 2 heterocycles. The van der Waals surface area contributed by atoms with Crippen molar-refractivity contribution in [3.63, 3.8) is 0 Å². The summed E-state index contributed by atoms with van der Waals surface area (Å²) in [5.41, 5.74) is 15.4. The fraction of sp³-hybridized carbons (Fsp3) is 0.364. The van der Waals surface area contributed by atoms with E-state index in [1.54, 1.807) is 0 Å². The summed E-state index contributed by atoms with van der Waals surface area (Å²) in [5.74, 6) is 1.17. The van der Waals surface area contributed by atoms with Crippen molar-refractivity contribution in [3.8, 4) is 44.9 Å². The molecule has 0 amide bonds. The van der Waals surface area contributed by atoms with Gasteiger partial charge in [-0.1, -0.05) is 300 Å². The van der Waals surface area contributed by atoms with Gasteiger partial charge in [0, 0.05) is 66.1 Å². The fourth-order valence-corrected chi connectivity index (χ4v) is 15.5. The first-order valence-electron chi connectivity index (χ1n) is 34.3. The SMILES string of the molecule is CC(C)(C)c1cc(C(C)(C)C)c2op(Oc3c(-c4ccccc4)cc4ccccc4c3-c3c(Op4oc5c(C(C)(C)C)cc(C(C)(C)C)cc5c5cc(C(C)(C)C)cc(C(C)(C)C)c5o4)c(-c4ccccc4)cc4ccccc34)oc3c(C(C)(C)C)cc(C(C)(C)C)cc3c2c1. The van der Waals surface area contributed by atoms with Crippen molar-refractivity contribution in [1.82, 2.24) is 0 Å². The Morgan fingerprint density at radius 1 is 0.250 bits per heavy atom. The fourth-order valence-electron chi connectivity index (χ4n) is 13.2. The monoisotopic (exact) mass is 1310 g/mol. The lowest BCUT2D eigenvalue weighted by molar-refractivity contribution is 0.485. The molecule has 498 valence electrons. The molecule has 6 nitrogen and oxygen atoms in total. The largest absolute Gasteiger partial charge is 0.453 e. The molecule has 96 heavy (non-hydrogen) atoms. The molecule has 0 saturated heterocycles. The highest BCUT2D eigenvalue weighted by molar-refractivity contribution is 7.32. The van der Waals surface area contributed by atoms with Gasteiger partial charge in [-0.3, -0.25) is 0 Å². The van der Waals surface area contributed by atoms with Crippen LogP contribution in [0.1, 0.15) is 211 Å². The zero-order valence-corrected chi connectivity index (χ0v) is 63.3. The van der Waals surface area contributed by atoms with Gasteiger partial charge >= 0.3 is 16.5 Å². The minimum absolute atomic E-state index is 0.185. The minimum Gasteiger partial charge on any atom is -0.390 e. The van der Waals surface area contributed by atoms with Crippen molar-refractivity contribution in [1.29, 1.82) is 0 Å². The first kappa shape index (κ1) is 68.1. The number of hydrogen-bond acceptors (Lipinski definition) is 6. The molecule has 0 saturated carbocycles. The standard InChI is InChI=1S/C88H100O6P2/c1-81(2,3)57-45-65-66-46-58(82(4,5)6)50-70(86(16,17)18)76(66)90-95(89-75(65)69(49-57)85(13,14)15)93-79-63(53-35-27-25-28-36-53)43-55-39-31-33-41-61(55)73(79)74-62-42-34-32-40-56(62)44-64(54-37-29-26-30-38-54)80(74)94-96-91-77-67(47-59(83(7,8)9)51-71(77)87(19,20)21)68-48-60(84(10,11)12)52-72(78(68)92-96)88(22,23)24/h25-52H,1-24H3. The average molecular weight is 1320 g/mol. The Kier molecular flexibility index (Phi) is 17.0. The lowest BCUT2D eigenvalue weighted by Gasteiger charge is -2.27. The maximum absolute atomic E-state index is 8.10. The van der Waals surface area contributed by atoms with Crippen LogP contribution >= 0.6 is 16.5 Å². The summed E-state index contributed by atoms with van der Waals surface area (Å²) in [6, 6.07) is 61.9. The molecular weight excluding hydrogens is 1210 g/mol. The number of hydrogen-bond donors (Lipinski definition) is 0. The van der Waals surface area contributed by atoms with E-state index in [1.807, 2.05) is 0 Å². The van der Waals surface area contributed by atoms with Crippen molar-refractivity contribution in [2.24, 2.45) is 0 Å². The first-order valence-corrected chi connectivity index (χ1v) is 36.5. The predicted molar refractivity (Wildman–Crippen MR) is 412 cm³/mol. The second-order valence-electron chi connectivity index (χ2n) is 35.0. The third-order valence-electron chi connectivity index (χ3n) is 19.1. The molecule has 0 aliphatic carbocycles. The lowest BCUT2D eigenvalue weighted by atomic mass is 9.77. The molecule has 8 heteroatoms. The highest BCUT2D eigenvalue weighted by atomic mass is 31.1. The quantitative estimate of drug-likeness (QED) is 0.158. The summed E-state index contributed by atoms with van der Waals surface area (Å²) in [6.45, 7) is 54.9. The zero-order valence-electron chi connectivity index (χ0n) is 61.5. The van der Waals surface area contributed by atoms with Crippen molar-refractivity contribution >= 4 is 81.9 Å². The topological polar surface area (TPSA) is 71.0 Å². The molecule has 2 aromatic heterocycles. The van der Waals surface area contributed by atoms with E-state index in [9.17, 15) is 0 Å². The van der Waals surface area contributed by atoms with E-state index in [0.717, 1.165) is 121 Å². The first-order chi connectivity index (χ1) is 44.6. The molecular formula is C88H100O6P2. The molecule has 0 spiro atoms. The molecule has 12 rings (SSSR count). The van der Waals surface area contributed by atoms with E-state index in [4.69, 9.17) is 25.8 Å². The van der Waals surface area contributed by atoms with Crippen molar-refractivity contribution < 1.29 is 25.8 Å². The molecule has 10 aromatic carbocycles. The Bertz CT molecular complexity index is 4590. The summed E-state index contributed by atoms with van der Waals surface area (Å²) in [4.78, 5) is 0. The number of fused-ring (bicyclic) bond motifs is 8. The number of benzene rings is 10. The van der Waals surface area contributed by atoms with E-state index in [-0.39, 0.29) is 43.3 Å². The predicted octanol–water partition coefficient (Wildman–Crippen LogP) is 28.3. The Hall–Kier alpha value is -7.88. The molecule has 0 aliphatic heterocycles. The molecule has 0 radical (unpaired) electrons. The van der Waals surface area contributed by atoms with E-state index in [1.165, 1.54) is 22.3 Å². The third-order valence-corrected chi connectivity index (χ3v) is 21.0. The van der Waals surface area contributed by atoms with Gasteiger partial charge < -0.3 is 25.8 Å². The van der Waals surface area contributed by atoms with Crippen LogP contribution < -0.4 is 9.05 Å². The summed E-state index contributed by atoms with van der Waals surface area (Å²) in [7, 11) is -4.68. The second-order valence-corrected chi connectivity index (χ2v) is 37.0. The van der Waals surface area contributed by atoms with Crippen LogP contribution in [-0.4, -0.2) is 0 Å². The van der Waals surface area contributed by atoms with Crippen LogP contribution in [0, 0.1) is 0 Å². The molecule has 0 unspecified atom stereocenters. The Morgan fingerprint density at radius 3 is 0.729 bits per heavy atom. The molecule has 0 fully saturated rings. The lowest BCUT2D eigenvalue weighted by Crippen LogP contribution is -2.17. The summed E-state index contributed by atoms with van der Waals surface area (Å²) in [5, 5.41) is 7.92. The van der Waals surface area contributed by atoms with Crippen LogP contribution in [0.5, 0.6) is 11.5 Å². The van der Waals surface area contributed by atoms with E-state index < -0.39 is 16.5 Å². The van der Waals surface area contributed by atoms with Crippen molar-refractivity contribution in [2.45, 2.75) is 209 Å². The van der Waals surface area contributed by atoms with Gasteiger partial charge in [-0.25, -0.2) is 0 Å². The van der Waals surface area contributed by atoms with Gasteiger partial charge in [0.25, 0.3) is 0 Å². The molecule has 12 aromatic rings. The van der Waals surface area contributed by atoms with Crippen LogP contribution in [0.3, 0.4) is 0 Å². The van der Waals surface area contributed by atoms with Crippen molar-refractivity contribution in [3.05, 3.63) is 214 Å². The molecule has 0 atom stereocenters. The second kappa shape index (κ2) is 24.0. The maximum atomic E-state index is 8.10. The van der Waals surface area contributed by atoms with Gasteiger partial charge in [-0.2, -0.15) is 0 Å². The van der Waals surface area contributed by atoms with E-state index in [2.05, 4.69) is 336 Å². The van der Waals surface area contributed by atoms with E-state index in [0.29, 0.717) is 11.5 Å². The van der Waals surface area contributed by atoms with Gasteiger partial charge in [-0.15, -0.1) is 0 Å². The highest BCUT2D eigenvalue weighted by Gasteiger charge is 2.35. The van der Waals surface area contributed by atoms with Crippen LogP contribution in [-0.2, 0) is 43.3 Å². The minimum atomic E-state index is -2.34. The Labute approximate surface area is 573 Å². The molecule has 0 aliphatic rings. The molecule has 0 N–H and O–H groups in total. The number of rotatable bonds is 7. The summed E-state index contributed by atoms with van der Waals surface area (Å²) >= 11 is 0. The van der Waals surface area contributed by atoms with Crippen LogP contribution in [0.2, 0.25) is 0 Å². The average Bonchev–Trinajstić information content (AvgIpc) is 1.18. The summed E-state index contributed by atoms with van der Waals surface area (Å²) < 4.78 is 47.2. The van der Waals surface area contributed by atoms with Crippen LogP contribution in [0.4, 0.5) is 0 Å². The highest BCUT2D eigenvalue weighted by Crippen LogP contribution is 2.58. The van der Waals surface area contributed by atoms with Gasteiger partial charge in [-0.05, 0) is 135 Å². The summed E-state index contributed by atoms with van der Waals surface area (Å²) in [6.07, 6.45) is 0. The Balaban J connectivity index is 1.29. The van der Waals surface area contributed by atoms with Gasteiger partial charge in [0.1, 0.15) is 22.3 Å². The van der Waals surface area contributed by atoms with E-state index >= 15 is 0 Å². The maximum Gasteiger partial charge on any atom is 0.453 e. The van der Waals surface area contributed by atoms with Gasteiger partial charge in [0.15, 0.2) is 11.5 Å². The zero-order chi connectivity index (χ0) is 69.4. The normalized spacial score (nSPS) is 13.2. The van der Waals surface area contributed by atoms with Gasteiger partial charge in [0.2, 0.25) is 0 Å².